The summed E-state index contributed by atoms with van der Waals surface area (Å²) in [6.07, 6.45) is 2.21. The van der Waals surface area contributed by atoms with Gasteiger partial charge in [0.2, 0.25) is 0 Å². The summed E-state index contributed by atoms with van der Waals surface area (Å²) in [5.74, 6) is -3.10. The molecule has 0 bridgehead atoms. The summed E-state index contributed by atoms with van der Waals surface area (Å²) in [6, 6.07) is 5.06. The molecule has 118 valence electrons. The van der Waals surface area contributed by atoms with E-state index in [0.717, 1.165) is 23.2 Å². The molecule has 0 saturated heterocycles. The molecule has 2 aromatic rings. The molecular formula is C15H12N4O4-2. The van der Waals surface area contributed by atoms with E-state index in [1.54, 1.807) is 12.1 Å². The van der Waals surface area contributed by atoms with Gasteiger partial charge in [-0.15, -0.1) is 0 Å². The second kappa shape index (κ2) is 6.65. The maximum absolute atomic E-state index is 10.6. The second-order valence-electron chi connectivity index (χ2n) is 4.68. The first-order chi connectivity index (χ1) is 10.9. The highest BCUT2D eigenvalue weighted by atomic mass is 16.4. The Morgan fingerprint density at radius 2 is 1.70 bits per heavy atom. The Labute approximate surface area is 131 Å². The van der Waals surface area contributed by atoms with Crippen molar-refractivity contribution in [2.24, 2.45) is 0 Å². The van der Waals surface area contributed by atoms with Crippen LogP contribution in [-0.4, -0.2) is 26.9 Å². The van der Waals surface area contributed by atoms with Crippen LogP contribution in [0.1, 0.15) is 11.4 Å². The minimum atomic E-state index is -1.85. The maximum Gasteiger partial charge on any atom is 0.161 e. The molecule has 0 saturated carbocycles. The van der Waals surface area contributed by atoms with Gasteiger partial charge in [-0.25, -0.2) is 9.97 Å². The van der Waals surface area contributed by atoms with Crippen molar-refractivity contribution in [1.82, 2.24) is 15.0 Å². The lowest BCUT2D eigenvalue weighted by atomic mass is 10.2. The highest BCUT2D eigenvalue weighted by Crippen LogP contribution is 2.18. The Kier molecular flexibility index (Phi) is 4.65. The smallest absolute Gasteiger partial charge is 0.161 e. The van der Waals surface area contributed by atoms with Crippen LogP contribution in [-0.2, 0) is 9.59 Å². The summed E-state index contributed by atoms with van der Waals surface area (Å²) in [6.45, 7) is 3.68. The Morgan fingerprint density at radius 1 is 1.09 bits per heavy atom. The van der Waals surface area contributed by atoms with E-state index in [1.165, 1.54) is 12.3 Å². The van der Waals surface area contributed by atoms with E-state index >= 15 is 0 Å². The van der Waals surface area contributed by atoms with Crippen molar-refractivity contribution in [1.29, 1.82) is 0 Å². The number of anilines is 1. The van der Waals surface area contributed by atoms with Gasteiger partial charge in [-0.1, -0.05) is 0 Å². The minimum Gasteiger partial charge on any atom is -0.545 e. The van der Waals surface area contributed by atoms with Gasteiger partial charge in [0.1, 0.15) is 5.82 Å². The fourth-order valence-electron chi connectivity index (χ4n) is 1.89. The Bertz CT molecular complexity index is 766. The summed E-state index contributed by atoms with van der Waals surface area (Å²) in [4.78, 5) is 33.9. The first kappa shape index (κ1) is 16.1. The van der Waals surface area contributed by atoms with Gasteiger partial charge in [0.05, 0.1) is 11.9 Å². The van der Waals surface area contributed by atoms with E-state index in [4.69, 9.17) is 0 Å². The molecule has 0 unspecified atom stereocenters. The lowest BCUT2D eigenvalue weighted by Crippen LogP contribution is -2.36. The molecule has 0 spiro atoms. The standard InChI is InChI=1S/C15H14N4O4/c1-8-5-10(6-9(2)18-8)13-16-4-3-12(19-13)17-7-11(14(20)21)15(22)23/h3-7H,1-2H3,(H,20,21)(H,22,23)(H,16,17,19)/p-2. The first-order valence-electron chi connectivity index (χ1n) is 6.55. The molecule has 0 fully saturated rings. The number of carbonyl (C=O) groups excluding carboxylic acids is 2. The average Bonchev–Trinajstić information content (AvgIpc) is 2.46. The largest absolute Gasteiger partial charge is 0.545 e. The number of aryl methyl sites for hydroxylation is 2. The lowest BCUT2D eigenvalue weighted by Gasteiger charge is -2.10. The van der Waals surface area contributed by atoms with E-state index in [0.29, 0.717) is 5.82 Å². The summed E-state index contributed by atoms with van der Waals surface area (Å²) >= 11 is 0. The van der Waals surface area contributed by atoms with Crippen LogP contribution >= 0.6 is 0 Å². The molecule has 2 aromatic heterocycles. The van der Waals surface area contributed by atoms with Gasteiger partial charge >= 0.3 is 0 Å². The number of hydrogen-bond donors (Lipinski definition) is 1. The molecule has 0 aliphatic carbocycles. The Morgan fingerprint density at radius 3 is 2.26 bits per heavy atom. The zero-order valence-electron chi connectivity index (χ0n) is 12.4. The third-order valence-electron chi connectivity index (χ3n) is 2.80. The molecule has 0 amide bonds. The van der Waals surface area contributed by atoms with Crippen molar-refractivity contribution in [2.45, 2.75) is 13.8 Å². The maximum atomic E-state index is 10.6. The number of carboxylic acids is 2. The van der Waals surface area contributed by atoms with E-state index in [1.807, 2.05) is 13.8 Å². The zero-order valence-corrected chi connectivity index (χ0v) is 12.4. The number of nitrogens with zero attached hydrogens (tertiary/aromatic N) is 3. The molecule has 8 heteroatoms. The predicted molar refractivity (Wildman–Crippen MR) is 76.5 cm³/mol. The molecule has 0 atom stereocenters. The number of aromatic nitrogens is 3. The van der Waals surface area contributed by atoms with Gasteiger partial charge in [-0.3, -0.25) is 4.98 Å². The fraction of sp³-hybridized carbons (Fsp3) is 0.133. The van der Waals surface area contributed by atoms with Crippen LogP contribution in [0.2, 0.25) is 0 Å². The molecule has 8 nitrogen and oxygen atoms in total. The number of nitrogens with one attached hydrogen (secondary N) is 1. The van der Waals surface area contributed by atoms with Crippen molar-refractivity contribution >= 4 is 17.8 Å². The van der Waals surface area contributed by atoms with Crippen molar-refractivity contribution < 1.29 is 19.8 Å². The number of rotatable bonds is 5. The third kappa shape index (κ3) is 4.10. The summed E-state index contributed by atoms with van der Waals surface area (Å²) in [7, 11) is 0. The average molecular weight is 312 g/mol. The van der Waals surface area contributed by atoms with Crippen molar-refractivity contribution in [2.75, 3.05) is 5.32 Å². The Balaban J connectivity index is 2.31. The van der Waals surface area contributed by atoms with E-state index in [2.05, 4.69) is 20.3 Å². The van der Waals surface area contributed by atoms with Crippen LogP contribution in [0.3, 0.4) is 0 Å². The number of carbonyl (C=O) groups is 2. The number of aliphatic carboxylic acids is 2. The van der Waals surface area contributed by atoms with Crippen LogP contribution in [0.4, 0.5) is 5.82 Å². The monoisotopic (exact) mass is 312 g/mol. The molecule has 2 rings (SSSR count). The van der Waals surface area contributed by atoms with Gasteiger partial charge in [0.15, 0.2) is 5.82 Å². The lowest BCUT2D eigenvalue weighted by molar-refractivity contribution is -0.312. The van der Waals surface area contributed by atoms with Gasteiger partial charge in [0, 0.05) is 34.9 Å². The van der Waals surface area contributed by atoms with Crippen LogP contribution in [0.15, 0.2) is 36.2 Å². The SMILES string of the molecule is Cc1cc(-c2nccc(NC=C(C(=O)[O-])C(=O)[O-])n2)cc(C)n1. The number of carboxylic acid groups (broad SMARTS) is 2. The van der Waals surface area contributed by atoms with Gasteiger partial charge < -0.3 is 25.1 Å². The molecule has 0 aromatic carbocycles. The zero-order chi connectivity index (χ0) is 17.0. The molecule has 1 N–H and O–H groups in total. The molecule has 2 heterocycles. The van der Waals surface area contributed by atoms with Crippen LogP contribution in [0.5, 0.6) is 0 Å². The summed E-state index contributed by atoms with van der Waals surface area (Å²) < 4.78 is 0. The van der Waals surface area contributed by atoms with Gasteiger partial charge in [-0.05, 0) is 32.0 Å². The van der Waals surface area contributed by atoms with Gasteiger partial charge in [0.25, 0.3) is 0 Å². The van der Waals surface area contributed by atoms with E-state index in [9.17, 15) is 19.8 Å². The molecule has 23 heavy (non-hydrogen) atoms. The molecule has 0 radical (unpaired) electrons. The Hall–Kier alpha value is -3.29. The highest BCUT2D eigenvalue weighted by Gasteiger charge is 2.05. The number of hydrogen-bond acceptors (Lipinski definition) is 8. The van der Waals surface area contributed by atoms with Crippen LogP contribution < -0.4 is 15.5 Å². The summed E-state index contributed by atoms with van der Waals surface area (Å²) in [5, 5.41) is 23.8. The third-order valence-corrected chi connectivity index (χ3v) is 2.80. The van der Waals surface area contributed by atoms with Crippen molar-refractivity contribution in [3.63, 3.8) is 0 Å². The normalized spacial score (nSPS) is 10.0. The van der Waals surface area contributed by atoms with E-state index in [-0.39, 0.29) is 5.82 Å². The summed E-state index contributed by atoms with van der Waals surface area (Å²) in [5.41, 5.74) is 1.33. The van der Waals surface area contributed by atoms with Crippen LogP contribution in [0.25, 0.3) is 11.4 Å². The first-order valence-corrected chi connectivity index (χ1v) is 6.55. The minimum absolute atomic E-state index is 0.224. The highest BCUT2D eigenvalue weighted by molar-refractivity contribution is 6.10. The van der Waals surface area contributed by atoms with E-state index < -0.39 is 17.5 Å². The van der Waals surface area contributed by atoms with Crippen LogP contribution in [0, 0.1) is 13.8 Å². The molecular weight excluding hydrogens is 300 g/mol. The topological polar surface area (TPSA) is 131 Å². The van der Waals surface area contributed by atoms with Crippen molar-refractivity contribution in [3.05, 3.63) is 47.6 Å². The second-order valence-corrected chi connectivity index (χ2v) is 4.68. The quantitative estimate of drug-likeness (QED) is 0.420. The molecule has 0 aliphatic rings. The van der Waals surface area contributed by atoms with Gasteiger partial charge in [-0.2, -0.15) is 0 Å². The predicted octanol–water partition coefficient (Wildman–Crippen LogP) is -1.05. The number of pyridine rings is 1. The molecule has 0 aliphatic heterocycles. The van der Waals surface area contributed by atoms with Crippen molar-refractivity contribution in [3.8, 4) is 11.4 Å². The fourth-order valence-corrected chi connectivity index (χ4v) is 1.89.